The quantitative estimate of drug-likeness (QED) is 0.885. The second kappa shape index (κ2) is 5.12. The summed E-state index contributed by atoms with van der Waals surface area (Å²) in [6, 6.07) is 8.64. The molecular formula is C15H22N2O2. The van der Waals surface area contributed by atoms with Gasteiger partial charge in [0.05, 0.1) is 19.3 Å². The van der Waals surface area contributed by atoms with Gasteiger partial charge in [-0.15, -0.1) is 0 Å². The fraction of sp³-hybridized carbons (Fsp3) is 0.600. The molecule has 2 aliphatic rings. The number of ether oxygens (including phenoxy) is 2. The molecule has 1 atom stereocenters. The molecule has 1 fully saturated rings. The van der Waals surface area contributed by atoms with Gasteiger partial charge in [0.1, 0.15) is 11.4 Å². The summed E-state index contributed by atoms with van der Waals surface area (Å²) >= 11 is 0. The van der Waals surface area contributed by atoms with Crippen LogP contribution in [0.5, 0.6) is 5.75 Å². The van der Waals surface area contributed by atoms with Crippen LogP contribution in [-0.2, 0) is 4.74 Å². The van der Waals surface area contributed by atoms with E-state index in [1.807, 2.05) is 6.07 Å². The molecular weight excluding hydrogens is 240 g/mol. The summed E-state index contributed by atoms with van der Waals surface area (Å²) in [5, 5.41) is 2.27. The van der Waals surface area contributed by atoms with Crippen molar-refractivity contribution in [3.63, 3.8) is 0 Å². The highest BCUT2D eigenvalue weighted by Gasteiger charge is 2.34. The summed E-state index contributed by atoms with van der Waals surface area (Å²) in [6.07, 6.45) is 0.974. The third-order valence-electron chi connectivity index (χ3n) is 3.73. The maximum absolute atomic E-state index is 6.06. The van der Waals surface area contributed by atoms with E-state index < -0.39 is 0 Å². The molecule has 0 bridgehead atoms. The van der Waals surface area contributed by atoms with E-state index in [2.05, 4.69) is 42.5 Å². The van der Waals surface area contributed by atoms with Gasteiger partial charge in [-0.2, -0.15) is 0 Å². The largest absolute Gasteiger partial charge is 0.487 e. The van der Waals surface area contributed by atoms with E-state index in [9.17, 15) is 0 Å². The van der Waals surface area contributed by atoms with Crippen molar-refractivity contribution in [2.24, 2.45) is 0 Å². The van der Waals surface area contributed by atoms with Gasteiger partial charge in [0, 0.05) is 25.1 Å². The Labute approximate surface area is 114 Å². The minimum atomic E-state index is -0.127. The molecule has 0 radical (unpaired) electrons. The van der Waals surface area contributed by atoms with Gasteiger partial charge in [0.15, 0.2) is 0 Å². The maximum Gasteiger partial charge on any atom is 0.124 e. The lowest BCUT2D eigenvalue weighted by Crippen LogP contribution is -2.50. The number of hydrogen-bond acceptors (Lipinski definition) is 4. The van der Waals surface area contributed by atoms with Crippen molar-refractivity contribution < 1.29 is 9.47 Å². The van der Waals surface area contributed by atoms with Crippen LogP contribution < -0.4 is 10.2 Å². The van der Waals surface area contributed by atoms with E-state index >= 15 is 0 Å². The Hall–Kier alpha value is -1.10. The first kappa shape index (κ1) is 12.9. The molecule has 104 valence electrons. The Morgan fingerprint density at radius 1 is 1.21 bits per heavy atom. The number of fused-ring (bicyclic) bond motifs is 1. The molecule has 4 heteroatoms. The Morgan fingerprint density at radius 3 is 2.74 bits per heavy atom. The van der Waals surface area contributed by atoms with E-state index in [1.54, 1.807) is 0 Å². The third-order valence-corrected chi connectivity index (χ3v) is 3.73. The Bertz CT molecular complexity index is 442. The van der Waals surface area contributed by atoms with Crippen LogP contribution in [0.3, 0.4) is 0 Å². The summed E-state index contributed by atoms with van der Waals surface area (Å²) in [7, 11) is 0. The molecule has 1 unspecified atom stereocenters. The monoisotopic (exact) mass is 262 g/mol. The normalized spacial score (nSPS) is 26.5. The zero-order valence-corrected chi connectivity index (χ0v) is 11.7. The highest BCUT2D eigenvalue weighted by atomic mass is 16.5. The molecule has 0 amide bonds. The highest BCUT2D eigenvalue weighted by molar-refractivity contribution is 5.38. The van der Waals surface area contributed by atoms with Gasteiger partial charge in [-0.3, -0.25) is 0 Å². The SMILES string of the molecule is CC1(C)CC(NN2CCOCC2)c2ccccc2O1. The summed E-state index contributed by atoms with van der Waals surface area (Å²) in [5.41, 5.74) is 4.77. The van der Waals surface area contributed by atoms with Gasteiger partial charge < -0.3 is 9.47 Å². The number of hydrogen-bond donors (Lipinski definition) is 1. The van der Waals surface area contributed by atoms with Crippen LogP contribution in [0.1, 0.15) is 31.9 Å². The molecule has 2 aliphatic heterocycles. The molecule has 0 aliphatic carbocycles. The second-order valence-corrected chi connectivity index (χ2v) is 5.88. The van der Waals surface area contributed by atoms with E-state index in [4.69, 9.17) is 9.47 Å². The lowest BCUT2D eigenvalue weighted by atomic mass is 9.90. The number of benzene rings is 1. The fourth-order valence-electron chi connectivity index (χ4n) is 2.83. The second-order valence-electron chi connectivity index (χ2n) is 5.88. The molecule has 3 rings (SSSR count). The smallest absolute Gasteiger partial charge is 0.124 e. The molecule has 0 saturated carbocycles. The number of rotatable bonds is 2. The molecule has 0 spiro atoms. The number of para-hydroxylation sites is 1. The summed E-state index contributed by atoms with van der Waals surface area (Å²) in [4.78, 5) is 0. The predicted octanol–water partition coefficient (Wildman–Crippen LogP) is 2.13. The number of nitrogens with one attached hydrogen (secondary N) is 1. The minimum absolute atomic E-state index is 0.127. The standard InChI is InChI=1S/C15H22N2O2/c1-15(2)11-13(16-17-7-9-18-10-8-17)12-5-3-4-6-14(12)19-15/h3-6,13,16H,7-11H2,1-2H3. The molecule has 0 aromatic heterocycles. The van der Waals surface area contributed by atoms with Crippen LogP contribution in [0, 0.1) is 0 Å². The molecule has 1 aromatic carbocycles. The van der Waals surface area contributed by atoms with Crippen molar-refractivity contribution in [1.82, 2.24) is 10.4 Å². The van der Waals surface area contributed by atoms with E-state index in [0.717, 1.165) is 38.5 Å². The zero-order valence-electron chi connectivity index (χ0n) is 11.7. The first-order valence-corrected chi connectivity index (χ1v) is 7.01. The average molecular weight is 262 g/mol. The van der Waals surface area contributed by atoms with Crippen molar-refractivity contribution in [1.29, 1.82) is 0 Å². The lowest BCUT2D eigenvalue weighted by molar-refractivity contribution is -0.0131. The third kappa shape index (κ3) is 2.91. The van der Waals surface area contributed by atoms with Crippen LogP contribution in [0.2, 0.25) is 0 Å². The fourth-order valence-corrected chi connectivity index (χ4v) is 2.83. The first-order chi connectivity index (χ1) is 9.14. The summed E-state index contributed by atoms with van der Waals surface area (Å²) in [6.45, 7) is 7.80. The molecule has 19 heavy (non-hydrogen) atoms. The Morgan fingerprint density at radius 2 is 1.95 bits per heavy atom. The van der Waals surface area contributed by atoms with Gasteiger partial charge in [0.25, 0.3) is 0 Å². The van der Waals surface area contributed by atoms with E-state index in [1.165, 1.54) is 5.56 Å². The van der Waals surface area contributed by atoms with Crippen molar-refractivity contribution >= 4 is 0 Å². The molecule has 1 saturated heterocycles. The average Bonchev–Trinajstić information content (AvgIpc) is 2.38. The van der Waals surface area contributed by atoms with Gasteiger partial charge in [-0.25, -0.2) is 10.4 Å². The van der Waals surface area contributed by atoms with Crippen molar-refractivity contribution in [2.45, 2.75) is 31.9 Å². The zero-order chi connectivity index (χ0) is 13.3. The molecule has 4 nitrogen and oxygen atoms in total. The van der Waals surface area contributed by atoms with Crippen molar-refractivity contribution in [3.05, 3.63) is 29.8 Å². The maximum atomic E-state index is 6.06. The van der Waals surface area contributed by atoms with Crippen LogP contribution in [-0.4, -0.2) is 36.9 Å². The topological polar surface area (TPSA) is 33.7 Å². The summed E-state index contributed by atoms with van der Waals surface area (Å²) < 4.78 is 11.4. The Balaban J connectivity index is 1.79. The van der Waals surface area contributed by atoms with Crippen LogP contribution >= 0.6 is 0 Å². The van der Waals surface area contributed by atoms with Crippen LogP contribution in [0.4, 0.5) is 0 Å². The van der Waals surface area contributed by atoms with Gasteiger partial charge in [0.2, 0.25) is 0 Å². The Kier molecular flexibility index (Phi) is 3.48. The highest BCUT2D eigenvalue weighted by Crippen LogP contribution is 2.39. The van der Waals surface area contributed by atoms with E-state index in [0.29, 0.717) is 6.04 Å². The lowest BCUT2D eigenvalue weighted by Gasteiger charge is -2.40. The van der Waals surface area contributed by atoms with E-state index in [-0.39, 0.29) is 5.60 Å². The minimum Gasteiger partial charge on any atom is -0.487 e. The van der Waals surface area contributed by atoms with Crippen molar-refractivity contribution in [2.75, 3.05) is 26.3 Å². The van der Waals surface area contributed by atoms with Crippen molar-refractivity contribution in [3.8, 4) is 5.75 Å². The van der Waals surface area contributed by atoms with Crippen LogP contribution in [0.15, 0.2) is 24.3 Å². The molecule has 1 aromatic rings. The number of nitrogens with zero attached hydrogens (tertiary/aromatic N) is 1. The predicted molar refractivity (Wildman–Crippen MR) is 74.0 cm³/mol. The summed E-state index contributed by atoms with van der Waals surface area (Å²) in [5.74, 6) is 1.00. The van der Waals surface area contributed by atoms with Gasteiger partial charge >= 0.3 is 0 Å². The molecule has 2 heterocycles. The molecule has 1 N–H and O–H groups in total. The van der Waals surface area contributed by atoms with Gasteiger partial charge in [-0.05, 0) is 19.9 Å². The first-order valence-electron chi connectivity index (χ1n) is 7.01. The van der Waals surface area contributed by atoms with Gasteiger partial charge in [-0.1, -0.05) is 18.2 Å². The number of hydrazine groups is 1. The number of morpholine rings is 1. The van der Waals surface area contributed by atoms with Crippen LogP contribution in [0.25, 0.3) is 0 Å².